The Bertz CT molecular complexity index is 1260. The molecule has 1 unspecified atom stereocenters. The molecule has 1 aliphatic rings. The Morgan fingerprint density at radius 2 is 1.77 bits per heavy atom. The smallest absolute Gasteiger partial charge is 0.341 e. The standard InChI is InChI=1S/C25H22N2O6S2/c1-2-32-25(31)16-12-19(15-8-4-3-5-9-15)35-24(16)27-21(28)14-33-22(29)13-20-23(30)26-17-10-6-7-11-18(17)34-20/h3-12,20H,2,13-14H2,1H3,(H,26,30)(H,27,28). The number of ether oxygens (including phenoxy) is 2. The molecule has 0 saturated carbocycles. The van der Waals surface area contributed by atoms with Crippen molar-refractivity contribution in [3.05, 3.63) is 66.2 Å². The van der Waals surface area contributed by atoms with Crippen molar-refractivity contribution in [2.45, 2.75) is 23.5 Å². The lowest BCUT2D eigenvalue weighted by molar-refractivity contribution is -0.147. The third-order valence-electron chi connectivity index (χ3n) is 4.96. The van der Waals surface area contributed by atoms with Gasteiger partial charge >= 0.3 is 11.9 Å². The van der Waals surface area contributed by atoms with Gasteiger partial charge in [-0.05, 0) is 30.7 Å². The van der Waals surface area contributed by atoms with Crippen LogP contribution in [0.4, 0.5) is 10.7 Å². The Kier molecular flexibility index (Phi) is 7.84. The van der Waals surface area contributed by atoms with Crippen LogP contribution in [-0.4, -0.2) is 42.2 Å². The number of thioether (sulfide) groups is 1. The van der Waals surface area contributed by atoms with Crippen molar-refractivity contribution in [3.63, 3.8) is 0 Å². The first-order chi connectivity index (χ1) is 16.9. The number of para-hydroxylation sites is 1. The summed E-state index contributed by atoms with van der Waals surface area (Å²) in [6.45, 7) is 1.34. The highest BCUT2D eigenvalue weighted by molar-refractivity contribution is 8.01. The molecule has 3 aromatic rings. The minimum Gasteiger partial charge on any atom is -0.462 e. The van der Waals surface area contributed by atoms with Crippen LogP contribution >= 0.6 is 23.1 Å². The second-order valence-corrected chi connectivity index (χ2v) is 9.74. The monoisotopic (exact) mass is 510 g/mol. The predicted octanol–water partition coefficient (Wildman–Crippen LogP) is 4.58. The Labute approximate surface area is 210 Å². The van der Waals surface area contributed by atoms with Crippen LogP contribution in [0.2, 0.25) is 0 Å². The number of anilines is 2. The average Bonchev–Trinajstić information content (AvgIpc) is 3.28. The SMILES string of the molecule is CCOC(=O)c1cc(-c2ccccc2)sc1NC(=O)COC(=O)CC1Sc2ccccc2NC1=O. The lowest BCUT2D eigenvalue weighted by Crippen LogP contribution is -2.32. The number of carbonyl (C=O) groups is 4. The van der Waals surface area contributed by atoms with E-state index in [1.54, 1.807) is 19.1 Å². The first-order valence-electron chi connectivity index (χ1n) is 10.8. The number of carbonyl (C=O) groups excluding carboxylic acids is 4. The van der Waals surface area contributed by atoms with E-state index in [2.05, 4.69) is 10.6 Å². The number of amides is 2. The molecule has 8 nitrogen and oxygen atoms in total. The minimum absolute atomic E-state index is 0.177. The van der Waals surface area contributed by atoms with Crippen LogP contribution in [0.25, 0.3) is 10.4 Å². The van der Waals surface area contributed by atoms with Gasteiger partial charge in [0.2, 0.25) is 5.91 Å². The number of esters is 2. The molecule has 0 aliphatic carbocycles. The quantitative estimate of drug-likeness (QED) is 0.427. The van der Waals surface area contributed by atoms with Crippen molar-refractivity contribution in [1.82, 2.24) is 0 Å². The van der Waals surface area contributed by atoms with E-state index in [4.69, 9.17) is 9.47 Å². The van der Waals surface area contributed by atoms with Gasteiger partial charge in [-0.2, -0.15) is 0 Å². The zero-order chi connectivity index (χ0) is 24.8. The van der Waals surface area contributed by atoms with Gasteiger partial charge in [0.1, 0.15) is 5.00 Å². The minimum atomic E-state index is -0.672. The molecule has 35 heavy (non-hydrogen) atoms. The molecule has 10 heteroatoms. The lowest BCUT2D eigenvalue weighted by Gasteiger charge is -2.23. The summed E-state index contributed by atoms with van der Waals surface area (Å²) in [6, 6.07) is 18.4. The number of rotatable bonds is 8. The zero-order valence-corrected chi connectivity index (χ0v) is 20.4. The molecule has 1 aliphatic heterocycles. The Morgan fingerprint density at radius 1 is 1.03 bits per heavy atom. The fourth-order valence-corrected chi connectivity index (χ4v) is 5.50. The maximum Gasteiger partial charge on any atom is 0.341 e. The maximum absolute atomic E-state index is 12.5. The van der Waals surface area contributed by atoms with E-state index in [1.165, 1.54) is 23.1 Å². The average molecular weight is 511 g/mol. The van der Waals surface area contributed by atoms with Crippen LogP contribution in [0, 0.1) is 0 Å². The zero-order valence-electron chi connectivity index (χ0n) is 18.7. The van der Waals surface area contributed by atoms with Gasteiger partial charge < -0.3 is 20.1 Å². The summed E-state index contributed by atoms with van der Waals surface area (Å²) in [5.41, 5.74) is 1.82. The third kappa shape index (κ3) is 6.09. The molecule has 0 radical (unpaired) electrons. The number of nitrogens with one attached hydrogen (secondary N) is 2. The summed E-state index contributed by atoms with van der Waals surface area (Å²) in [5.74, 6) is -2.12. The summed E-state index contributed by atoms with van der Waals surface area (Å²) in [5, 5.41) is 5.06. The van der Waals surface area contributed by atoms with E-state index in [0.717, 1.165) is 15.3 Å². The van der Waals surface area contributed by atoms with Gasteiger partial charge in [-0.25, -0.2) is 4.79 Å². The van der Waals surface area contributed by atoms with E-state index in [0.29, 0.717) is 10.7 Å². The normalized spacial score (nSPS) is 14.4. The summed E-state index contributed by atoms with van der Waals surface area (Å²) < 4.78 is 10.2. The van der Waals surface area contributed by atoms with Crippen LogP contribution in [0.1, 0.15) is 23.7 Å². The van der Waals surface area contributed by atoms with Gasteiger partial charge in [-0.15, -0.1) is 23.1 Å². The molecule has 2 amide bonds. The molecule has 2 heterocycles. The predicted molar refractivity (Wildman–Crippen MR) is 135 cm³/mol. The van der Waals surface area contributed by atoms with Crippen LogP contribution in [0.3, 0.4) is 0 Å². The fourth-order valence-electron chi connectivity index (χ4n) is 3.34. The summed E-state index contributed by atoms with van der Waals surface area (Å²) in [7, 11) is 0. The third-order valence-corrected chi connectivity index (χ3v) is 7.34. The molecule has 1 atom stereocenters. The van der Waals surface area contributed by atoms with Gasteiger partial charge in [0.05, 0.1) is 29.5 Å². The van der Waals surface area contributed by atoms with Crippen molar-refractivity contribution < 1.29 is 28.7 Å². The molecular weight excluding hydrogens is 488 g/mol. The number of hydrogen-bond acceptors (Lipinski definition) is 8. The fraction of sp³-hybridized carbons (Fsp3) is 0.200. The van der Waals surface area contributed by atoms with Crippen LogP contribution in [0.5, 0.6) is 0 Å². The van der Waals surface area contributed by atoms with E-state index in [-0.39, 0.29) is 24.5 Å². The van der Waals surface area contributed by atoms with Crippen molar-refractivity contribution >= 4 is 57.5 Å². The van der Waals surface area contributed by atoms with Crippen molar-refractivity contribution in [1.29, 1.82) is 0 Å². The highest BCUT2D eigenvalue weighted by Gasteiger charge is 2.29. The van der Waals surface area contributed by atoms with E-state index < -0.39 is 29.7 Å². The summed E-state index contributed by atoms with van der Waals surface area (Å²) in [4.78, 5) is 51.1. The molecular formula is C25H22N2O6S2. The maximum atomic E-state index is 12.5. The molecule has 0 bridgehead atoms. The molecule has 2 N–H and O–H groups in total. The molecule has 180 valence electrons. The lowest BCUT2D eigenvalue weighted by atomic mass is 10.1. The van der Waals surface area contributed by atoms with E-state index in [9.17, 15) is 19.2 Å². The first kappa shape index (κ1) is 24.5. The second kappa shape index (κ2) is 11.2. The highest BCUT2D eigenvalue weighted by Crippen LogP contribution is 2.37. The second-order valence-electron chi connectivity index (χ2n) is 7.44. The highest BCUT2D eigenvalue weighted by atomic mass is 32.2. The van der Waals surface area contributed by atoms with Crippen molar-refractivity contribution in [3.8, 4) is 10.4 Å². The van der Waals surface area contributed by atoms with Gasteiger partial charge in [-0.1, -0.05) is 42.5 Å². The van der Waals surface area contributed by atoms with E-state index >= 15 is 0 Å². The van der Waals surface area contributed by atoms with Gasteiger partial charge in [0.25, 0.3) is 5.91 Å². The first-order valence-corrected chi connectivity index (χ1v) is 12.5. The molecule has 0 spiro atoms. The number of fused-ring (bicyclic) bond motifs is 1. The Balaban J connectivity index is 1.36. The van der Waals surface area contributed by atoms with Crippen molar-refractivity contribution in [2.75, 3.05) is 23.8 Å². The molecule has 1 aromatic heterocycles. The van der Waals surface area contributed by atoms with Crippen LogP contribution in [0.15, 0.2) is 65.6 Å². The Hall–Kier alpha value is -3.63. The van der Waals surface area contributed by atoms with Gasteiger partial charge in [-0.3, -0.25) is 14.4 Å². The summed E-state index contributed by atoms with van der Waals surface area (Å²) >= 11 is 2.50. The number of thiophene rings is 1. The number of hydrogen-bond donors (Lipinski definition) is 2. The molecule has 4 rings (SSSR count). The molecule has 0 fully saturated rings. The van der Waals surface area contributed by atoms with Crippen LogP contribution in [-0.2, 0) is 23.9 Å². The van der Waals surface area contributed by atoms with Gasteiger partial charge in [0, 0.05) is 9.77 Å². The summed E-state index contributed by atoms with van der Waals surface area (Å²) in [6.07, 6.45) is -0.177. The topological polar surface area (TPSA) is 111 Å². The largest absolute Gasteiger partial charge is 0.462 e. The molecule has 2 aromatic carbocycles. The van der Waals surface area contributed by atoms with Crippen molar-refractivity contribution in [2.24, 2.45) is 0 Å². The molecule has 0 saturated heterocycles. The Morgan fingerprint density at radius 3 is 2.54 bits per heavy atom. The van der Waals surface area contributed by atoms with Gasteiger partial charge in [0.15, 0.2) is 6.61 Å². The van der Waals surface area contributed by atoms with Crippen LogP contribution < -0.4 is 10.6 Å². The van der Waals surface area contributed by atoms with E-state index in [1.807, 2.05) is 48.5 Å². The number of benzene rings is 2.